The van der Waals surface area contributed by atoms with Gasteiger partial charge in [0.1, 0.15) is 23.0 Å². The molecule has 0 aromatic heterocycles. The van der Waals surface area contributed by atoms with Gasteiger partial charge in [-0.25, -0.2) is 9.13 Å². The zero-order valence-electron chi connectivity index (χ0n) is 40.1. The van der Waals surface area contributed by atoms with Crippen LogP contribution in [0.1, 0.15) is 173 Å². The van der Waals surface area contributed by atoms with Gasteiger partial charge < -0.3 is 27.9 Å². The summed E-state index contributed by atoms with van der Waals surface area (Å²) < 4.78 is 50.5. The quantitative estimate of drug-likeness (QED) is 0.0260. The fourth-order valence-electron chi connectivity index (χ4n) is 7.06. The van der Waals surface area contributed by atoms with Crippen molar-refractivity contribution >= 4 is 24.2 Å². The molecule has 0 aliphatic heterocycles. The summed E-state index contributed by atoms with van der Waals surface area (Å²) in [6, 6.07) is 32.6. The summed E-state index contributed by atoms with van der Waals surface area (Å²) in [6.07, 6.45) is 28.7. The number of para-hydroxylation sites is 4. The Morgan fingerprint density at radius 1 is 0.424 bits per heavy atom. The van der Waals surface area contributed by atoms with E-state index in [1.807, 2.05) is 66.7 Å². The Morgan fingerprint density at radius 3 is 1.18 bits per heavy atom. The first-order valence-corrected chi connectivity index (χ1v) is 28.6. The molecule has 0 saturated heterocycles. The number of rotatable bonds is 34. The molecule has 0 aliphatic rings. The minimum atomic E-state index is -4.47. The minimum absolute atomic E-state index is 0.298. The lowest BCUT2D eigenvalue weighted by Gasteiger charge is -2.19. The van der Waals surface area contributed by atoms with E-state index < -0.39 is 24.2 Å². The van der Waals surface area contributed by atoms with Crippen LogP contribution in [0.3, 0.4) is 0 Å². The van der Waals surface area contributed by atoms with Crippen LogP contribution in [0.2, 0.25) is 0 Å². The zero-order valence-corrected chi connectivity index (χ0v) is 42.7. The third-order valence-corrected chi connectivity index (χ3v) is 12.8. The van der Waals surface area contributed by atoms with Gasteiger partial charge in [0.15, 0.2) is 0 Å². The Balaban J connectivity index is 0.000000348. The van der Waals surface area contributed by atoms with Gasteiger partial charge in [-0.3, -0.25) is 14.3 Å². The Morgan fingerprint density at radius 2 is 0.773 bits per heavy atom. The maximum atomic E-state index is 13.1. The van der Waals surface area contributed by atoms with Gasteiger partial charge in [-0.15, -0.1) is 0 Å². The number of phosphoric ester groups is 2. The van der Waals surface area contributed by atoms with Gasteiger partial charge in [0.25, 0.3) is 0 Å². The Hall–Kier alpha value is -3.23. The van der Waals surface area contributed by atoms with Crippen LogP contribution in [0.25, 0.3) is 0 Å². The van der Waals surface area contributed by atoms with Crippen molar-refractivity contribution < 1.29 is 51.3 Å². The topological polar surface area (TPSA) is 161 Å². The van der Waals surface area contributed by atoms with Crippen LogP contribution in [0.4, 0.5) is 0 Å². The summed E-state index contributed by atoms with van der Waals surface area (Å²) in [5.74, 6) is 1.83. The van der Waals surface area contributed by atoms with Crippen LogP contribution < -0.4 is 18.1 Å². The second-order valence-electron chi connectivity index (χ2n) is 16.4. The molecule has 0 fully saturated rings. The van der Waals surface area contributed by atoms with E-state index in [0.29, 0.717) is 29.6 Å². The second-order valence-corrected chi connectivity index (χ2v) is 19.8. The minimum Gasteiger partial charge on any atom is -0.427 e. The molecule has 66 heavy (non-hydrogen) atoms. The van der Waals surface area contributed by atoms with E-state index in [2.05, 4.69) is 20.8 Å². The second kappa shape index (κ2) is 37.7. The summed E-state index contributed by atoms with van der Waals surface area (Å²) in [7, 11) is -10.5. The molecular weight excluding hydrogens is 893 g/mol. The third-order valence-electron chi connectivity index (χ3n) is 10.6. The van der Waals surface area contributed by atoms with E-state index in [4.69, 9.17) is 42.2 Å². The molecular formula is C52H81O11P3. The fraction of sp³-hybridized carbons (Fsp3) is 0.538. The van der Waals surface area contributed by atoms with E-state index in [-0.39, 0.29) is 0 Å². The molecule has 0 heterocycles. The average molecular weight is 975 g/mol. The Labute approximate surface area is 398 Å². The highest BCUT2D eigenvalue weighted by molar-refractivity contribution is 7.49. The van der Waals surface area contributed by atoms with Gasteiger partial charge in [-0.05, 0) is 79.6 Å². The van der Waals surface area contributed by atoms with E-state index in [1.54, 1.807) is 42.5 Å². The maximum absolute atomic E-state index is 13.1. The number of phosphoric acid groups is 2. The number of aryl methyl sites for hydroxylation is 2. The van der Waals surface area contributed by atoms with Crippen molar-refractivity contribution in [3.63, 3.8) is 0 Å². The number of unbranched alkanes of at least 4 members (excludes halogenated alkanes) is 19. The molecule has 370 valence electrons. The van der Waals surface area contributed by atoms with Crippen LogP contribution >= 0.6 is 24.2 Å². The van der Waals surface area contributed by atoms with Crippen molar-refractivity contribution in [3.05, 3.63) is 120 Å². The molecule has 4 rings (SSSR count). The third kappa shape index (κ3) is 30.9. The smallest absolute Gasteiger partial charge is 0.427 e. The van der Waals surface area contributed by atoms with E-state index in [9.17, 15) is 9.13 Å². The summed E-state index contributed by atoms with van der Waals surface area (Å²) in [5, 5.41) is 0. The zero-order chi connectivity index (χ0) is 48.0. The first-order chi connectivity index (χ1) is 32.0. The van der Waals surface area contributed by atoms with Crippen molar-refractivity contribution in [1.29, 1.82) is 0 Å². The van der Waals surface area contributed by atoms with Crippen molar-refractivity contribution in [2.75, 3.05) is 6.61 Å². The lowest BCUT2D eigenvalue weighted by atomic mass is 10.0. The maximum Gasteiger partial charge on any atom is 0.587 e. The molecule has 0 unspecified atom stereocenters. The summed E-state index contributed by atoms with van der Waals surface area (Å²) >= 11 is 0. The van der Waals surface area contributed by atoms with Crippen LogP contribution in [-0.2, 0) is 26.5 Å². The van der Waals surface area contributed by atoms with Gasteiger partial charge >= 0.3 is 24.2 Å². The normalized spacial score (nSPS) is 11.3. The molecule has 14 heteroatoms. The average Bonchev–Trinajstić information content (AvgIpc) is 3.29. The van der Waals surface area contributed by atoms with Crippen LogP contribution in [0.15, 0.2) is 109 Å². The molecule has 0 atom stereocenters. The number of hydrogen-bond acceptors (Lipinski definition) is 9. The van der Waals surface area contributed by atoms with Crippen molar-refractivity contribution in [3.8, 4) is 23.0 Å². The van der Waals surface area contributed by atoms with Crippen molar-refractivity contribution in [1.82, 2.24) is 0 Å². The molecule has 4 N–H and O–H groups in total. The molecule has 11 nitrogen and oxygen atoms in total. The summed E-state index contributed by atoms with van der Waals surface area (Å²) in [4.78, 5) is 35.6. The largest absolute Gasteiger partial charge is 0.587 e. The summed E-state index contributed by atoms with van der Waals surface area (Å²) in [6.45, 7) is 7.02. The molecule has 0 bridgehead atoms. The predicted octanol–water partition coefficient (Wildman–Crippen LogP) is 16.4. The van der Waals surface area contributed by atoms with Gasteiger partial charge in [0.05, 0.1) is 6.61 Å². The van der Waals surface area contributed by atoms with Crippen molar-refractivity contribution in [2.24, 2.45) is 0 Å². The molecule has 0 spiro atoms. The number of hydrogen-bond donors (Lipinski definition) is 4. The Bertz CT molecular complexity index is 1800. The lowest BCUT2D eigenvalue weighted by Crippen LogP contribution is -2.06. The molecule has 0 saturated carbocycles. The molecule has 4 aromatic carbocycles. The van der Waals surface area contributed by atoms with Gasteiger partial charge in [-0.1, -0.05) is 216 Å². The Kier molecular flexibility index (Phi) is 33.7. The monoisotopic (exact) mass is 974 g/mol. The molecule has 0 amide bonds. The number of benzene rings is 4. The fourth-order valence-corrected chi connectivity index (χ4v) is 9.11. The summed E-state index contributed by atoms with van der Waals surface area (Å²) in [5.41, 5.74) is 1.93. The van der Waals surface area contributed by atoms with E-state index in [0.717, 1.165) is 56.1 Å². The SMILES string of the molecule is CCCCCCCCCCOP(=O)(Oc1ccccc1)Oc1ccccc1.CCCCCCCCCc1ccccc1OP(=O)(O)O.CCCCCCCCCc1ccccc1OP(O)O. The predicted molar refractivity (Wildman–Crippen MR) is 271 cm³/mol. The first kappa shape index (κ1) is 58.9. The first-order valence-electron chi connectivity index (χ1n) is 24.5. The van der Waals surface area contributed by atoms with Gasteiger partial charge in [0, 0.05) is 0 Å². The van der Waals surface area contributed by atoms with Crippen molar-refractivity contribution in [2.45, 2.75) is 175 Å². The highest BCUT2D eigenvalue weighted by Crippen LogP contribution is 2.49. The molecule has 0 aliphatic carbocycles. The molecule has 0 radical (unpaired) electrons. The highest BCUT2D eigenvalue weighted by atomic mass is 31.2. The molecule has 4 aromatic rings. The van der Waals surface area contributed by atoms with Crippen LogP contribution in [0, 0.1) is 0 Å². The highest BCUT2D eigenvalue weighted by Gasteiger charge is 2.30. The van der Waals surface area contributed by atoms with E-state index >= 15 is 0 Å². The van der Waals surface area contributed by atoms with Crippen LogP contribution in [-0.4, -0.2) is 26.2 Å². The lowest BCUT2D eigenvalue weighted by molar-refractivity contribution is 0.205. The standard InChI is InChI=1S/C22H31O4P.C15H25O4P.C15H25O3P/c1-2-3-4-5-6-7-8-15-20-24-27(23,25-21-16-11-9-12-17-21)26-22-18-13-10-14-19-22;1-2-3-4-5-6-7-8-11-14-12-9-10-13-15(14)19-20(16,17)18;1-2-3-4-5-6-7-8-11-14-12-9-10-13-15(14)18-19(16)17/h9-14,16-19H,2-8,15,20H2,1H3;9-10,12-13H,2-8,11H2,1H3,(H2,16,17,18);9-10,12-13,16-17H,2-8,11H2,1H3. The van der Waals surface area contributed by atoms with Gasteiger partial charge in [0.2, 0.25) is 0 Å². The van der Waals surface area contributed by atoms with Gasteiger partial charge in [-0.2, -0.15) is 0 Å². The van der Waals surface area contributed by atoms with E-state index in [1.165, 1.54) is 109 Å². The van der Waals surface area contributed by atoms with Crippen LogP contribution in [0.5, 0.6) is 23.0 Å².